The Morgan fingerprint density at radius 1 is 0.973 bits per heavy atom. The smallest absolute Gasteiger partial charge is 0.274 e. The molecular formula is C28H24ClN5O2S. The molecule has 9 heteroatoms. The number of nitrogens with one attached hydrogen (secondary N) is 2. The zero-order valence-corrected chi connectivity index (χ0v) is 21.8. The summed E-state index contributed by atoms with van der Waals surface area (Å²) in [6.45, 7) is 4.04. The molecule has 2 heterocycles. The molecule has 0 atom stereocenters. The number of nitrogens with zero attached hydrogens (tertiary/aromatic N) is 3. The van der Waals surface area contributed by atoms with Gasteiger partial charge < -0.3 is 5.32 Å². The molecule has 4 rings (SSSR count). The van der Waals surface area contributed by atoms with Crippen LogP contribution in [0.2, 0.25) is 5.02 Å². The highest BCUT2D eigenvalue weighted by Crippen LogP contribution is 2.23. The van der Waals surface area contributed by atoms with Gasteiger partial charge in [0.05, 0.1) is 23.2 Å². The fraction of sp³-hybridized carbons (Fsp3) is 0.107. The third kappa shape index (κ3) is 7.25. The summed E-state index contributed by atoms with van der Waals surface area (Å²) >= 11 is 7.73. The third-order valence-corrected chi connectivity index (χ3v) is 6.74. The molecule has 0 saturated heterocycles. The molecule has 0 fully saturated rings. The van der Waals surface area contributed by atoms with Crippen molar-refractivity contribution in [3.8, 4) is 0 Å². The number of benzene rings is 2. The van der Waals surface area contributed by atoms with Gasteiger partial charge in [-0.15, -0.1) is 11.8 Å². The number of anilines is 1. The first kappa shape index (κ1) is 26.1. The maximum absolute atomic E-state index is 13.0. The Morgan fingerprint density at radius 2 is 1.78 bits per heavy atom. The van der Waals surface area contributed by atoms with Crippen LogP contribution >= 0.6 is 23.4 Å². The summed E-state index contributed by atoms with van der Waals surface area (Å²) in [5.41, 5.74) is 7.13. The van der Waals surface area contributed by atoms with Gasteiger partial charge in [-0.3, -0.25) is 14.6 Å². The Labute approximate surface area is 224 Å². The largest absolute Gasteiger partial charge is 0.320 e. The van der Waals surface area contributed by atoms with Crippen LogP contribution in [0.15, 0.2) is 89.1 Å². The normalized spacial score (nSPS) is 10.9. The van der Waals surface area contributed by atoms with E-state index in [1.165, 1.54) is 11.6 Å². The lowest BCUT2D eigenvalue weighted by Gasteiger charge is -2.11. The van der Waals surface area contributed by atoms with Crippen molar-refractivity contribution in [3.63, 3.8) is 0 Å². The summed E-state index contributed by atoms with van der Waals surface area (Å²) in [6.07, 6.45) is 5.02. The van der Waals surface area contributed by atoms with E-state index in [2.05, 4.69) is 25.8 Å². The van der Waals surface area contributed by atoms with Gasteiger partial charge in [-0.05, 0) is 73.0 Å². The van der Waals surface area contributed by atoms with E-state index < -0.39 is 11.8 Å². The van der Waals surface area contributed by atoms with Gasteiger partial charge in [-0.25, -0.2) is 10.4 Å². The summed E-state index contributed by atoms with van der Waals surface area (Å²) in [5, 5.41) is 7.18. The molecule has 4 aromatic rings. The van der Waals surface area contributed by atoms with Crippen molar-refractivity contribution in [2.45, 2.75) is 24.5 Å². The topological polar surface area (TPSA) is 96.3 Å². The number of rotatable bonds is 8. The van der Waals surface area contributed by atoms with Gasteiger partial charge in [-0.2, -0.15) is 5.10 Å². The van der Waals surface area contributed by atoms with Crippen LogP contribution in [0, 0.1) is 13.8 Å². The van der Waals surface area contributed by atoms with Gasteiger partial charge in [0.1, 0.15) is 5.69 Å². The minimum Gasteiger partial charge on any atom is -0.320 e. The lowest BCUT2D eigenvalue weighted by Crippen LogP contribution is -2.22. The third-order valence-electron chi connectivity index (χ3n) is 5.46. The Bertz CT molecular complexity index is 1460. The zero-order valence-electron chi connectivity index (χ0n) is 20.2. The summed E-state index contributed by atoms with van der Waals surface area (Å²) in [6, 6.07) is 19.6. The van der Waals surface area contributed by atoms with Gasteiger partial charge in [0.2, 0.25) is 0 Å². The monoisotopic (exact) mass is 529 g/mol. The average Bonchev–Trinajstić information content (AvgIpc) is 2.91. The Hall–Kier alpha value is -4.01. The molecule has 2 N–H and O–H groups in total. The van der Waals surface area contributed by atoms with Crippen molar-refractivity contribution in [1.29, 1.82) is 0 Å². The Morgan fingerprint density at radius 3 is 2.57 bits per heavy atom. The van der Waals surface area contributed by atoms with Crippen molar-refractivity contribution in [1.82, 2.24) is 15.4 Å². The van der Waals surface area contributed by atoms with Crippen molar-refractivity contribution < 1.29 is 9.59 Å². The van der Waals surface area contributed by atoms with E-state index >= 15 is 0 Å². The maximum atomic E-state index is 13.0. The molecule has 37 heavy (non-hydrogen) atoms. The molecule has 2 amide bonds. The van der Waals surface area contributed by atoms with E-state index in [0.29, 0.717) is 16.5 Å². The lowest BCUT2D eigenvalue weighted by atomic mass is 10.1. The summed E-state index contributed by atoms with van der Waals surface area (Å²) in [5.74, 6) is -0.350. The minimum absolute atomic E-state index is 0.183. The second-order valence-corrected chi connectivity index (χ2v) is 9.66. The molecule has 0 saturated carbocycles. The highest BCUT2D eigenvalue weighted by molar-refractivity contribution is 7.98. The van der Waals surface area contributed by atoms with E-state index in [0.717, 1.165) is 21.7 Å². The van der Waals surface area contributed by atoms with Crippen LogP contribution in [-0.4, -0.2) is 28.0 Å². The highest BCUT2D eigenvalue weighted by atomic mass is 35.5. The molecule has 7 nitrogen and oxygen atoms in total. The van der Waals surface area contributed by atoms with Gasteiger partial charge in [0, 0.05) is 28.1 Å². The number of pyridine rings is 2. The number of thioether (sulfide) groups is 1. The molecule has 2 aromatic heterocycles. The number of halogens is 1. The predicted octanol–water partition coefficient (Wildman–Crippen LogP) is 6.06. The molecule has 0 aliphatic rings. The number of hydrogen-bond acceptors (Lipinski definition) is 6. The van der Waals surface area contributed by atoms with Crippen LogP contribution in [0.5, 0.6) is 0 Å². The Balaban J connectivity index is 1.44. The molecule has 0 spiro atoms. The molecule has 0 aliphatic carbocycles. The predicted molar refractivity (Wildman–Crippen MR) is 148 cm³/mol. The number of carbonyl (C=O) groups is 2. The first-order chi connectivity index (χ1) is 17.9. The second kappa shape index (κ2) is 12.3. The van der Waals surface area contributed by atoms with E-state index in [9.17, 15) is 9.59 Å². The number of hydrogen-bond donors (Lipinski definition) is 2. The summed E-state index contributed by atoms with van der Waals surface area (Å²) in [7, 11) is 0. The van der Waals surface area contributed by atoms with Crippen LogP contribution in [0.1, 0.15) is 43.2 Å². The standard InChI is InChI=1S/C28H24ClN5O2S/c1-18-6-7-20(14-19(18)2)16-31-34-27(35)24-15-21(29)8-9-25(24)33-28(36)26-5-3-4-22(32-26)17-37-23-10-12-30-13-11-23/h3-16H,17H2,1-2H3,(H,33,36)(H,34,35)/b31-16+. The SMILES string of the molecule is Cc1ccc(/C=N/NC(=O)c2cc(Cl)ccc2NC(=O)c2cccc(CSc3ccncc3)n2)cc1C. The molecule has 2 aromatic carbocycles. The number of aromatic nitrogens is 2. The van der Waals surface area contributed by atoms with E-state index in [1.54, 1.807) is 54.6 Å². The minimum atomic E-state index is -0.506. The quantitative estimate of drug-likeness (QED) is 0.164. The number of aryl methyl sites for hydroxylation is 2. The van der Waals surface area contributed by atoms with Crippen LogP contribution < -0.4 is 10.7 Å². The van der Waals surface area contributed by atoms with E-state index in [1.807, 2.05) is 50.2 Å². The maximum Gasteiger partial charge on any atom is 0.274 e. The molecule has 186 valence electrons. The average molecular weight is 530 g/mol. The van der Waals surface area contributed by atoms with Gasteiger partial charge in [0.15, 0.2) is 0 Å². The first-order valence-electron chi connectivity index (χ1n) is 11.4. The van der Waals surface area contributed by atoms with Gasteiger partial charge in [-0.1, -0.05) is 35.9 Å². The fourth-order valence-corrected chi connectivity index (χ4v) is 4.31. The first-order valence-corrected chi connectivity index (χ1v) is 12.8. The van der Waals surface area contributed by atoms with Crippen molar-refractivity contribution in [2.75, 3.05) is 5.32 Å². The van der Waals surface area contributed by atoms with Crippen LogP contribution in [0.3, 0.4) is 0 Å². The number of hydrazone groups is 1. The van der Waals surface area contributed by atoms with Gasteiger partial charge in [0.25, 0.3) is 11.8 Å². The summed E-state index contributed by atoms with van der Waals surface area (Å²) in [4.78, 5) is 35.4. The molecular weight excluding hydrogens is 506 g/mol. The van der Waals surface area contributed by atoms with Crippen molar-refractivity contribution in [2.24, 2.45) is 5.10 Å². The van der Waals surface area contributed by atoms with E-state index in [-0.39, 0.29) is 11.3 Å². The second-order valence-electron chi connectivity index (χ2n) is 8.17. The molecule has 0 bridgehead atoms. The number of amides is 2. The molecule has 0 unspecified atom stereocenters. The lowest BCUT2D eigenvalue weighted by molar-refractivity contribution is 0.0956. The zero-order chi connectivity index (χ0) is 26.2. The molecule has 0 aliphatic heterocycles. The van der Waals surface area contributed by atoms with Crippen LogP contribution in [0.4, 0.5) is 5.69 Å². The molecule has 0 radical (unpaired) electrons. The van der Waals surface area contributed by atoms with Crippen LogP contribution in [-0.2, 0) is 5.75 Å². The van der Waals surface area contributed by atoms with Crippen molar-refractivity contribution >= 4 is 47.1 Å². The van der Waals surface area contributed by atoms with E-state index in [4.69, 9.17) is 11.6 Å². The fourth-order valence-electron chi connectivity index (χ4n) is 3.35. The van der Waals surface area contributed by atoms with Crippen LogP contribution in [0.25, 0.3) is 0 Å². The Kier molecular flexibility index (Phi) is 8.66. The highest BCUT2D eigenvalue weighted by Gasteiger charge is 2.16. The van der Waals surface area contributed by atoms with Crippen molar-refractivity contribution in [3.05, 3.63) is 118 Å². The number of carbonyl (C=O) groups excluding carboxylic acids is 2. The van der Waals surface area contributed by atoms with Gasteiger partial charge >= 0.3 is 0 Å². The summed E-state index contributed by atoms with van der Waals surface area (Å²) < 4.78 is 0.